The lowest BCUT2D eigenvalue weighted by Gasteiger charge is -2.28. The molecule has 1 aliphatic rings. The molecule has 0 aliphatic heterocycles. The number of unbranched alkanes of at least 4 members (excludes halogenated alkanes) is 1. The average molecular weight is 365 g/mol. The molecule has 0 bridgehead atoms. The van der Waals surface area contributed by atoms with Crippen molar-refractivity contribution in [1.29, 1.82) is 0 Å². The summed E-state index contributed by atoms with van der Waals surface area (Å²) in [4.78, 5) is 0. The van der Waals surface area contributed by atoms with Crippen LogP contribution in [0.1, 0.15) is 82.9 Å². The third-order valence-corrected chi connectivity index (χ3v) is 6.26. The topological polar surface area (TPSA) is 25.8 Å². The Balaban J connectivity index is 1.47. The number of rotatable bonds is 9. The van der Waals surface area contributed by atoms with Crippen LogP contribution in [0, 0.1) is 11.8 Å². The van der Waals surface area contributed by atoms with Crippen molar-refractivity contribution in [2.75, 3.05) is 0 Å². The Bertz CT molecular complexity index is 652. The highest BCUT2D eigenvalue weighted by atomic mass is 15.1. The molecule has 3 rings (SSSR count). The van der Waals surface area contributed by atoms with Crippen LogP contribution in [0.2, 0.25) is 0 Å². The Morgan fingerprint density at radius 3 is 2.04 bits per heavy atom. The van der Waals surface area contributed by atoms with Gasteiger partial charge in [-0.25, -0.2) is 0 Å². The van der Waals surface area contributed by atoms with Crippen LogP contribution in [-0.4, -0.2) is 10.2 Å². The summed E-state index contributed by atoms with van der Waals surface area (Å²) >= 11 is 0. The monoisotopic (exact) mass is 364 g/mol. The molecule has 0 saturated heterocycles. The first kappa shape index (κ1) is 20.0. The second-order valence-electron chi connectivity index (χ2n) is 8.42. The van der Waals surface area contributed by atoms with Gasteiger partial charge in [-0.3, -0.25) is 0 Å². The molecular weight excluding hydrogens is 328 g/mol. The third-order valence-electron chi connectivity index (χ3n) is 6.26. The molecule has 0 radical (unpaired) electrons. The number of aryl methyl sites for hydroxylation is 2. The lowest BCUT2D eigenvalue weighted by molar-refractivity contribution is 0.252. The first-order chi connectivity index (χ1) is 13.3. The molecule has 0 atom stereocenters. The van der Waals surface area contributed by atoms with E-state index in [9.17, 15) is 0 Å². The molecule has 0 N–H and O–H groups in total. The largest absolute Gasteiger partial charge is 0.155 e. The fraction of sp³-hybridized carbons (Fsp3) is 0.600. The Hall–Kier alpha value is -1.70. The summed E-state index contributed by atoms with van der Waals surface area (Å²) in [7, 11) is 0. The molecule has 1 aromatic carbocycles. The summed E-state index contributed by atoms with van der Waals surface area (Å²) in [5, 5.41) is 8.80. The molecule has 0 unspecified atom stereocenters. The normalized spacial score (nSPS) is 19.9. The standard InChI is InChI=1S/C25H36N2/c1-3-5-7-24-18-19-25(27-26-24)23-16-14-22(15-17-23)13-12-21-10-8-20(6-4-2)9-11-21/h14-21H,3-13H2,1-2H3/t20-,21-. The van der Waals surface area contributed by atoms with Crippen molar-refractivity contribution >= 4 is 0 Å². The van der Waals surface area contributed by atoms with Crippen LogP contribution >= 0.6 is 0 Å². The minimum atomic E-state index is 0.944. The van der Waals surface area contributed by atoms with Crippen molar-refractivity contribution < 1.29 is 0 Å². The van der Waals surface area contributed by atoms with Crippen molar-refractivity contribution in [3.63, 3.8) is 0 Å². The van der Waals surface area contributed by atoms with Gasteiger partial charge in [0.15, 0.2) is 0 Å². The van der Waals surface area contributed by atoms with Crippen LogP contribution in [0.15, 0.2) is 36.4 Å². The number of aromatic nitrogens is 2. The highest BCUT2D eigenvalue weighted by molar-refractivity contribution is 5.58. The van der Waals surface area contributed by atoms with Gasteiger partial charge in [-0.2, -0.15) is 10.2 Å². The van der Waals surface area contributed by atoms with Crippen LogP contribution in [0.4, 0.5) is 0 Å². The van der Waals surface area contributed by atoms with Crippen LogP contribution in [0.3, 0.4) is 0 Å². The first-order valence-corrected chi connectivity index (χ1v) is 11.2. The maximum atomic E-state index is 4.42. The summed E-state index contributed by atoms with van der Waals surface area (Å²) in [5.41, 5.74) is 4.72. The molecule has 27 heavy (non-hydrogen) atoms. The number of benzene rings is 1. The average Bonchev–Trinajstić information content (AvgIpc) is 2.73. The van der Waals surface area contributed by atoms with E-state index in [1.807, 2.05) is 0 Å². The SMILES string of the molecule is CCCCc1ccc(-c2ccc(CC[C@H]3CC[C@H](CCC)CC3)cc2)nn1. The van der Waals surface area contributed by atoms with Crippen molar-refractivity contribution in [3.8, 4) is 11.3 Å². The molecule has 146 valence electrons. The molecule has 1 fully saturated rings. The summed E-state index contributed by atoms with van der Waals surface area (Å²) in [6.07, 6.45) is 14.6. The van der Waals surface area contributed by atoms with Crippen LogP contribution in [0.25, 0.3) is 11.3 Å². The summed E-state index contributed by atoms with van der Waals surface area (Å²) in [5.74, 6) is 1.96. The molecule has 1 saturated carbocycles. The van der Waals surface area contributed by atoms with E-state index in [1.165, 1.54) is 75.3 Å². The smallest absolute Gasteiger partial charge is 0.0929 e. The van der Waals surface area contributed by atoms with Crippen LogP contribution < -0.4 is 0 Å². The summed E-state index contributed by atoms with van der Waals surface area (Å²) in [6.45, 7) is 4.53. The number of hydrogen-bond acceptors (Lipinski definition) is 2. The molecule has 2 aromatic rings. The van der Waals surface area contributed by atoms with E-state index in [0.29, 0.717) is 0 Å². The third kappa shape index (κ3) is 6.16. The minimum absolute atomic E-state index is 0.944. The van der Waals surface area contributed by atoms with Crippen molar-refractivity contribution in [2.24, 2.45) is 11.8 Å². The second kappa shape index (κ2) is 10.6. The van der Waals surface area contributed by atoms with Crippen molar-refractivity contribution in [2.45, 2.75) is 84.5 Å². The summed E-state index contributed by atoms with van der Waals surface area (Å²) < 4.78 is 0. The van der Waals surface area contributed by atoms with E-state index in [4.69, 9.17) is 0 Å². The molecule has 1 heterocycles. The second-order valence-corrected chi connectivity index (χ2v) is 8.42. The fourth-order valence-corrected chi connectivity index (χ4v) is 4.44. The van der Waals surface area contributed by atoms with Gasteiger partial charge in [-0.15, -0.1) is 0 Å². The predicted octanol–water partition coefficient (Wildman–Crippen LogP) is 7.03. The van der Waals surface area contributed by atoms with Gasteiger partial charge in [0.25, 0.3) is 0 Å². The number of hydrogen-bond donors (Lipinski definition) is 0. The minimum Gasteiger partial charge on any atom is -0.155 e. The quantitative estimate of drug-likeness (QED) is 0.477. The van der Waals surface area contributed by atoms with E-state index >= 15 is 0 Å². The van der Waals surface area contributed by atoms with Gasteiger partial charge in [0.05, 0.1) is 11.4 Å². The maximum absolute atomic E-state index is 4.42. The molecule has 0 amide bonds. The van der Waals surface area contributed by atoms with Gasteiger partial charge in [-0.1, -0.05) is 83.1 Å². The van der Waals surface area contributed by atoms with Crippen LogP contribution in [0.5, 0.6) is 0 Å². The molecule has 1 aromatic heterocycles. The van der Waals surface area contributed by atoms with Crippen molar-refractivity contribution in [3.05, 3.63) is 47.7 Å². The van der Waals surface area contributed by atoms with E-state index in [2.05, 4.69) is 60.4 Å². The number of nitrogens with zero attached hydrogens (tertiary/aromatic N) is 2. The van der Waals surface area contributed by atoms with E-state index in [-0.39, 0.29) is 0 Å². The zero-order valence-corrected chi connectivity index (χ0v) is 17.3. The lowest BCUT2D eigenvalue weighted by atomic mass is 9.78. The van der Waals surface area contributed by atoms with Gasteiger partial charge in [0.2, 0.25) is 0 Å². The zero-order chi connectivity index (χ0) is 18.9. The zero-order valence-electron chi connectivity index (χ0n) is 17.3. The highest BCUT2D eigenvalue weighted by Crippen LogP contribution is 2.33. The van der Waals surface area contributed by atoms with Gasteiger partial charge >= 0.3 is 0 Å². The van der Waals surface area contributed by atoms with Crippen molar-refractivity contribution in [1.82, 2.24) is 10.2 Å². The molecule has 2 heteroatoms. The van der Waals surface area contributed by atoms with Gasteiger partial charge in [0, 0.05) is 5.56 Å². The summed E-state index contributed by atoms with van der Waals surface area (Å²) in [6, 6.07) is 13.2. The molecular formula is C25H36N2. The van der Waals surface area contributed by atoms with E-state index in [1.54, 1.807) is 0 Å². The molecule has 2 nitrogen and oxygen atoms in total. The Morgan fingerprint density at radius 2 is 1.44 bits per heavy atom. The Morgan fingerprint density at radius 1 is 0.741 bits per heavy atom. The predicted molar refractivity (Wildman–Crippen MR) is 115 cm³/mol. The Labute approximate surface area is 165 Å². The molecule has 1 aliphatic carbocycles. The van der Waals surface area contributed by atoms with Gasteiger partial charge in [0.1, 0.15) is 0 Å². The van der Waals surface area contributed by atoms with Gasteiger partial charge < -0.3 is 0 Å². The highest BCUT2D eigenvalue weighted by Gasteiger charge is 2.20. The fourth-order valence-electron chi connectivity index (χ4n) is 4.44. The van der Waals surface area contributed by atoms with E-state index in [0.717, 1.165) is 29.6 Å². The first-order valence-electron chi connectivity index (χ1n) is 11.2. The van der Waals surface area contributed by atoms with Crippen LogP contribution in [-0.2, 0) is 12.8 Å². The van der Waals surface area contributed by atoms with Gasteiger partial charge in [-0.05, 0) is 55.2 Å². The maximum Gasteiger partial charge on any atom is 0.0929 e. The van der Waals surface area contributed by atoms with E-state index < -0.39 is 0 Å². The Kier molecular flexibility index (Phi) is 7.86. The molecule has 0 spiro atoms. The lowest BCUT2D eigenvalue weighted by Crippen LogP contribution is -2.15.